The molecular weight excluding hydrogens is 612 g/mol. The van der Waals surface area contributed by atoms with Gasteiger partial charge in [0.25, 0.3) is 0 Å². The van der Waals surface area contributed by atoms with Gasteiger partial charge in [-0.25, -0.2) is 31.0 Å². The van der Waals surface area contributed by atoms with E-state index in [-0.39, 0.29) is 17.3 Å². The van der Waals surface area contributed by atoms with Crippen LogP contribution in [0.5, 0.6) is 0 Å². The van der Waals surface area contributed by atoms with Crippen LogP contribution >= 0.6 is 43.2 Å². The molecule has 2 aromatic carbocycles. The van der Waals surface area contributed by atoms with Crippen LogP contribution in [0.25, 0.3) is 0 Å². The highest BCUT2D eigenvalue weighted by Crippen LogP contribution is 2.37. The number of halogens is 6. The molecule has 3 aromatic rings. The van der Waals surface area contributed by atoms with Gasteiger partial charge in [-0.3, -0.25) is 0 Å². The van der Waals surface area contributed by atoms with Crippen LogP contribution in [0.1, 0.15) is 24.1 Å². The van der Waals surface area contributed by atoms with Crippen LogP contribution in [-0.4, -0.2) is 31.7 Å². The number of hydrogen-bond acceptors (Lipinski definition) is 5. The normalized spacial score (nSPS) is 15.3. The third-order valence-corrected chi connectivity index (χ3v) is 10.3. The lowest BCUT2D eigenvalue weighted by Gasteiger charge is -2.31. The van der Waals surface area contributed by atoms with Crippen molar-refractivity contribution in [1.82, 2.24) is 4.98 Å². The van der Waals surface area contributed by atoms with Crippen LogP contribution in [0.3, 0.4) is 0 Å². The fourth-order valence-corrected chi connectivity index (χ4v) is 7.95. The van der Waals surface area contributed by atoms with Crippen molar-refractivity contribution < 1.29 is 26.0 Å². The van der Waals surface area contributed by atoms with Gasteiger partial charge in [0.05, 0.1) is 19.9 Å². The summed E-state index contributed by atoms with van der Waals surface area (Å²) in [6, 6.07) is 4.57. The average Bonchev–Trinajstić information content (AvgIpc) is 3.23. The van der Waals surface area contributed by atoms with E-state index in [9.17, 15) is 26.0 Å². The van der Waals surface area contributed by atoms with Crippen molar-refractivity contribution in [3.05, 3.63) is 73.1 Å². The van der Waals surface area contributed by atoms with Crippen LogP contribution in [0.2, 0.25) is 0 Å². The van der Waals surface area contributed by atoms with Crippen molar-refractivity contribution in [2.75, 3.05) is 18.0 Å². The SMILES string of the molecule is O=S(=O)(c1c(F)c(Br)cc(F)c1Br)C1CCN(c2nc(Cc3ccc(F)c(F)c3)cs2)CC1. The first-order valence-corrected chi connectivity index (χ1v) is 13.8. The van der Waals surface area contributed by atoms with Crippen LogP contribution in [0.4, 0.5) is 22.7 Å². The van der Waals surface area contributed by atoms with Gasteiger partial charge in [0.15, 0.2) is 32.4 Å². The molecule has 0 radical (unpaired) electrons. The fraction of sp³-hybridized carbons (Fsp3) is 0.286. The summed E-state index contributed by atoms with van der Waals surface area (Å²) in [5.74, 6) is -3.71. The maximum Gasteiger partial charge on any atom is 0.185 e. The number of anilines is 1. The Bertz CT molecular complexity index is 1280. The molecule has 0 bridgehead atoms. The minimum absolute atomic E-state index is 0.223. The molecular formula is C21H16Br2F4N2O2S2. The van der Waals surface area contributed by atoms with E-state index < -0.39 is 47.7 Å². The lowest BCUT2D eigenvalue weighted by molar-refractivity contribution is 0.507. The second-order valence-electron chi connectivity index (χ2n) is 7.58. The summed E-state index contributed by atoms with van der Waals surface area (Å²) in [7, 11) is -4.12. The van der Waals surface area contributed by atoms with Gasteiger partial charge in [-0.05, 0) is 68.5 Å². The molecule has 0 aliphatic carbocycles. The predicted octanol–water partition coefficient (Wildman–Crippen LogP) is 6.26. The van der Waals surface area contributed by atoms with Crippen molar-refractivity contribution in [2.24, 2.45) is 0 Å². The topological polar surface area (TPSA) is 50.3 Å². The van der Waals surface area contributed by atoms with Gasteiger partial charge in [0.2, 0.25) is 0 Å². The highest BCUT2D eigenvalue weighted by molar-refractivity contribution is 9.11. The number of benzene rings is 2. The fourth-order valence-electron chi connectivity index (χ4n) is 3.71. The van der Waals surface area contributed by atoms with E-state index in [1.165, 1.54) is 17.4 Å². The monoisotopic (exact) mass is 626 g/mol. The van der Waals surface area contributed by atoms with E-state index in [2.05, 4.69) is 36.8 Å². The highest BCUT2D eigenvalue weighted by atomic mass is 79.9. The summed E-state index contributed by atoms with van der Waals surface area (Å²) >= 11 is 7.11. The largest absolute Gasteiger partial charge is 0.348 e. The van der Waals surface area contributed by atoms with Crippen LogP contribution in [0.15, 0.2) is 43.5 Å². The van der Waals surface area contributed by atoms with Gasteiger partial charge in [0.1, 0.15) is 10.7 Å². The van der Waals surface area contributed by atoms with Crippen molar-refractivity contribution in [3.8, 4) is 0 Å². The molecule has 4 rings (SSSR count). The number of sulfone groups is 1. The maximum atomic E-state index is 14.6. The summed E-state index contributed by atoms with van der Waals surface area (Å²) in [6.45, 7) is 0.746. The van der Waals surface area contributed by atoms with E-state index in [4.69, 9.17) is 0 Å². The molecule has 1 aliphatic rings. The molecule has 1 aromatic heterocycles. The summed E-state index contributed by atoms with van der Waals surface area (Å²) in [5, 5.41) is 1.63. The second kappa shape index (κ2) is 9.63. The Kier molecular flexibility index (Phi) is 7.18. The molecule has 4 nitrogen and oxygen atoms in total. The quantitative estimate of drug-likeness (QED) is 0.248. The molecule has 0 N–H and O–H groups in total. The summed E-state index contributed by atoms with van der Waals surface area (Å²) in [5.41, 5.74) is 1.27. The molecule has 1 aliphatic heterocycles. The molecule has 0 unspecified atom stereocenters. The van der Waals surface area contributed by atoms with Gasteiger partial charge in [-0.1, -0.05) is 6.07 Å². The third-order valence-electron chi connectivity index (χ3n) is 5.42. The molecule has 176 valence electrons. The minimum atomic E-state index is -4.12. The molecule has 2 heterocycles. The number of rotatable bonds is 5. The third kappa shape index (κ3) is 4.98. The first kappa shape index (κ1) is 24.6. The molecule has 0 atom stereocenters. The molecule has 0 spiro atoms. The molecule has 1 saturated heterocycles. The van der Waals surface area contributed by atoms with Gasteiger partial charge in [-0.2, -0.15) is 0 Å². The van der Waals surface area contributed by atoms with Crippen molar-refractivity contribution in [2.45, 2.75) is 29.4 Å². The molecule has 33 heavy (non-hydrogen) atoms. The minimum Gasteiger partial charge on any atom is -0.348 e. The van der Waals surface area contributed by atoms with Crippen LogP contribution < -0.4 is 4.90 Å². The first-order valence-electron chi connectivity index (χ1n) is 9.78. The lowest BCUT2D eigenvalue weighted by atomic mass is 10.1. The van der Waals surface area contributed by atoms with E-state index in [1.54, 1.807) is 0 Å². The van der Waals surface area contributed by atoms with E-state index in [0.717, 1.165) is 18.2 Å². The Morgan fingerprint density at radius 2 is 1.73 bits per heavy atom. The number of nitrogens with zero attached hydrogens (tertiary/aromatic N) is 2. The zero-order valence-corrected chi connectivity index (χ0v) is 21.6. The molecule has 0 saturated carbocycles. The van der Waals surface area contributed by atoms with E-state index in [0.29, 0.717) is 35.9 Å². The van der Waals surface area contributed by atoms with Gasteiger partial charge in [0, 0.05) is 24.9 Å². The smallest absolute Gasteiger partial charge is 0.185 e. The number of thiazole rings is 1. The van der Waals surface area contributed by atoms with Gasteiger partial charge >= 0.3 is 0 Å². The standard InChI is InChI=1S/C21H16Br2F4N2O2S2/c22-14-9-17(26)18(23)20(19(14)27)33(30,31)13-3-5-29(6-4-13)21-28-12(10-32-21)7-11-1-2-15(24)16(25)8-11/h1-2,8-10,13H,3-7H2. The Morgan fingerprint density at radius 1 is 1.03 bits per heavy atom. The Morgan fingerprint density at radius 3 is 2.39 bits per heavy atom. The summed E-state index contributed by atoms with van der Waals surface area (Å²) < 4.78 is 80.7. The zero-order chi connectivity index (χ0) is 23.9. The Labute approximate surface area is 208 Å². The van der Waals surface area contributed by atoms with E-state index in [1.807, 2.05) is 10.3 Å². The molecule has 1 fully saturated rings. The summed E-state index contributed by atoms with van der Waals surface area (Å²) in [6.07, 6.45) is 0.779. The number of piperidine rings is 1. The molecule has 12 heteroatoms. The predicted molar refractivity (Wildman–Crippen MR) is 125 cm³/mol. The second-order valence-corrected chi connectivity index (χ2v) is 12.2. The highest BCUT2D eigenvalue weighted by Gasteiger charge is 2.37. The van der Waals surface area contributed by atoms with Crippen molar-refractivity contribution >= 4 is 58.2 Å². The van der Waals surface area contributed by atoms with Gasteiger partial charge in [-0.15, -0.1) is 11.3 Å². The van der Waals surface area contributed by atoms with Crippen molar-refractivity contribution in [1.29, 1.82) is 0 Å². The lowest BCUT2D eigenvalue weighted by Crippen LogP contribution is -2.39. The first-order chi connectivity index (χ1) is 15.6. The Hall–Kier alpha value is -1.50. The van der Waals surface area contributed by atoms with E-state index >= 15 is 0 Å². The summed E-state index contributed by atoms with van der Waals surface area (Å²) in [4.78, 5) is 5.79. The molecule has 0 amide bonds. The number of hydrogen-bond donors (Lipinski definition) is 0. The van der Waals surface area contributed by atoms with Gasteiger partial charge < -0.3 is 4.90 Å². The zero-order valence-electron chi connectivity index (χ0n) is 16.8. The Balaban J connectivity index is 1.46. The average molecular weight is 628 g/mol. The maximum absolute atomic E-state index is 14.6. The number of aromatic nitrogens is 1. The van der Waals surface area contributed by atoms with Crippen LogP contribution in [0, 0.1) is 23.3 Å². The van der Waals surface area contributed by atoms with Crippen LogP contribution in [-0.2, 0) is 16.3 Å². The van der Waals surface area contributed by atoms with Crippen molar-refractivity contribution in [3.63, 3.8) is 0 Å².